The van der Waals surface area contributed by atoms with Crippen molar-refractivity contribution in [2.24, 2.45) is 5.73 Å². The lowest BCUT2D eigenvalue weighted by Gasteiger charge is -2.17. The summed E-state index contributed by atoms with van der Waals surface area (Å²) < 4.78 is 13.3. The van der Waals surface area contributed by atoms with Gasteiger partial charge in [-0.25, -0.2) is 4.39 Å². The second-order valence-corrected chi connectivity index (χ2v) is 3.60. The maximum atomic E-state index is 13.3. The van der Waals surface area contributed by atoms with Gasteiger partial charge < -0.3 is 21.1 Å². The van der Waals surface area contributed by atoms with Crippen molar-refractivity contribution in [3.05, 3.63) is 35.1 Å². The predicted molar refractivity (Wildman–Crippen MR) is 57.0 cm³/mol. The highest BCUT2D eigenvalue weighted by Crippen LogP contribution is 2.21. The highest BCUT2D eigenvalue weighted by molar-refractivity contribution is 5.26. The fourth-order valence-corrected chi connectivity index (χ4v) is 1.43. The van der Waals surface area contributed by atoms with E-state index in [2.05, 4.69) is 0 Å². The van der Waals surface area contributed by atoms with E-state index in [0.717, 1.165) is 6.07 Å². The Morgan fingerprint density at radius 1 is 1.31 bits per heavy atom. The van der Waals surface area contributed by atoms with Gasteiger partial charge in [0.15, 0.2) is 0 Å². The normalized spacial score (nSPS) is 14.8. The maximum absolute atomic E-state index is 13.3. The van der Waals surface area contributed by atoms with Crippen molar-refractivity contribution < 1.29 is 19.7 Å². The third-order valence-electron chi connectivity index (χ3n) is 2.42. The summed E-state index contributed by atoms with van der Waals surface area (Å²) in [7, 11) is 0. The Bertz CT molecular complexity index is 346. The van der Waals surface area contributed by atoms with E-state index in [1.807, 2.05) is 0 Å². The Kier molecular flexibility index (Phi) is 4.82. The van der Waals surface area contributed by atoms with Gasteiger partial charge in [0, 0.05) is 5.56 Å². The van der Waals surface area contributed by atoms with Crippen LogP contribution in [0.1, 0.15) is 23.7 Å². The monoisotopic (exact) mass is 229 g/mol. The summed E-state index contributed by atoms with van der Waals surface area (Å²) in [4.78, 5) is 0. The largest absolute Gasteiger partial charge is 0.392 e. The van der Waals surface area contributed by atoms with Crippen molar-refractivity contribution in [3.63, 3.8) is 0 Å². The zero-order chi connectivity index (χ0) is 12.1. The Labute approximate surface area is 93.1 Å². The lowest BCUT2D eigenvalue weighted by molar-refractivity contribution is 0.0148. The smallest absolute Gasteiger partial charge is 0.129 e. The molecule has 1 rings (SSSR count). The van der Waals surface area contributed by atoms with E-state index in [1.54, 1.807) is 0 Å². The van der Waals surface area contributed by atoms with Crippen LogP contribution in [-0.4, -0.2) is 28.0 Å². The molecule has 4 nitrogen and oxygen atoms in total. The topological polar surface area (TPSA) is 86.7 Å². The molecule has 5 N–H and O–H groups in total. The van der Waals surface area contributed by atoms with Crippen molar-refractivity contribution >= 4 is 0 Å². The third kappa shape index (κ3) is 2.99. The van der Waals surface area contributed by atoms with Gasteiger partial charge in [0.25, 0.3) is 0 Å². The fraction of sp³-hybridized carbons (Fsp3) is 0.455. The number of rotatable bonds is 5. The molecule has 0 fully saturated rings. The molecule has 0 saturated heterocycles. The summed E-state index contributed by atoms with van der Waals surface area (Å²) in [5.41, 5.74) is 5.67. The Morgan fingerprint density at radius 2 is 2.00 bits per heavy atom. The van der Waals surface area contributed by atoms with E-state index in [4.69, 9.17) is 10.8 Å². The first-order chi connectivity index (χ1) is 7.60. The van der Waals surface area contributed by atoms with E-state index in [1.165, 1.54) is 12.1 Å². The summed E-state index contributed by atoms with van der Waals surface area (Å²) in [6.45, 7) is -0.150. The number of halogens is 1. The van der Waals surface area contributed by atoms with E-state index >= 15 is 0 Å². The number of nitrogens with two attached hydrogens (primary N) is 1. The van der Waals surface area contributed by atoms with Crippen LogP contribution in [0, 0.1) is 5.82 Å². The van der Waals surface area contributed by atoms with Gasteiger partial charge in [-0.1, -0.05) is 12.1 Å². The van der Waals surface area contributed by atoms with Gasteiger partial charge in [0.05, 0.1) is 12.7 Å². The number of aliphatic hydroxyl groups is 3. The van der Waals surface area contributed by atoms with Gasteiger partial charge in [-0.2, -0.15) is 0 Å². The molecule has 5 heteroatoms. The second-order valence-electron chi connectivity index (χ2n) is 3.60. The van der Waals surface area contributed by atoms with Crippen molar-refractivity contribution in [1.82, 2.24) is 0 Å². The molecular formula is C11H16FNO3. The number of benzene rings is 1. The van der Waals surface area contributed by atoms with Crippen LogP contribution in [0.5, 0.6) is 0 Å². The highest BCUT2D eigenvalue weighted by Gasteiger charge is 2.18. The Balaban J connectivity index is 2.84. The molecule has 0 radical (unpaired) electrons. The minimum Gasteiger partial charge on any atom is -0.392 e. The third-order valence-corrected chi connectivity index (χ3v) is 2.42. The molecule has 0 aliphatic heterocycles. The van der Waals surface area contributed by atoms with Gasteiger partial charge in [0.2, 0.25) is 0 Å². The predicted octanol–water partition coefficient (Wildman–Crippen LogP) is 0.0611. The molecule has 0 bridgehead atoms. The molecule has 0 amide bonds. The van der Waals surface area contributed by atoms with Gasteiger partial charge in [-0.05, 0) is 24.6 Å². The molecule has 0 aromatic heterocycles. The zero-order valence-electron chi connectivity index (χ0n) is 8.81. The van der Waals surface area contributed by atoms with Crippen molar-refractivity contribution in [1.29, 1.82) is 0 Å². The van der Waals surface area contributed by atoms with Crippen LogP contribution < -0.4 is 5.73 Å². The van der Waals surface area contributed by atoms with Crippen LogP contribution in [0.3, 0.4) is 0 Å². The Morgan fingerprint density at radius 3 is 2.50 bits per heavy atom. The molecule has 0 aliphatic rings. The molecule has 16 heavy (non-hydrogen) atoms. The summed E-state index contributed by atoms with van der Waals surface area (Å²) >= 11 is 0. The molecule has 0 heterocycles. The maximum Gasteiger partial charge on any atom is 0.129 e. The molecule has 0 spiro atoms. The van der Waals surface area contributed by atoms with E-state index in [-0.39, 0.29) is 24.1 Å². The van der Waals surface area contributed by atoms with Crippen LogP contribution in [-0.2, 0) is 6.61 Å². The molecule has 0 saturated carbocycles. The summed E-state index contributed by atoms with van der Waals surface area (Å²) in [5, 5.41) is 27.9. The quantitative estimate of drug-likeness (QED) is 0.575. The van der Waals surface area contributed by atoms with Crippen molar-refractivity contribution in [2.75, 3.05) is 6.54 Å². The lowest BCUT2D eigenvalue weighted by atomic mass is 10.0. The minimum atomic E-state index is -1.16. The van der Waals surface area contributed by atoms with Gasteiger partial charge in [-0.15, -0.1) is 0 Å². The van der Waals surface area contributed by atoms with E-state index in [9.17, 15) is 14.6 Å². The summed E-state index contributed by atoms with van der Waals surface area (Å²) in [6.07, 6.45) is -1.93. The molecular weight excluding hydrogens is 213 g/mol. The second kappa shape index (κ2) is 5.91. The molecule has 2 unspecified atom stereocenters. The van der Waals surface area contributed by atoms with Crippen molar-refractivity contribution in [3.8, 4) is 0 Å². The van der Waals surface area contributed by atoms with Crippen LogP contribution in [0.2, 0.25) is 0 Å². The summed E-state index contributed by atoms with van der Waals surface area (Å²) in [5.74, 6) is -0.598. The Hall–Kier alpha value is -1.01. The first-order valence-corrected chi connectivity index (χ1v) is 5.05. The molecule has 90 valence electrons. The SMILES string of the molecule is NCCC(O)C(O)c1ccc(CO)c(F)c1. The zero-order valence-corrected chi connectivity index (χ0v) is 8.81. The first-order valence-electron chi connectivity index (χ1n) is 5.05. The molecule has 1 aromatic rings. The lowest BCUT2D eigenvalue weighted by Crippen LogP contribution is -2.21. The van der Waals surface area contributed by atoms with E-state index in [0.29, 0.717) is 0 Å². The van der Waals surface area contributed by atoms with Gasteiger partial charge in [0.1, 0.15) is 11.9 Å². The highest BCUT2D eigenvalue weighted by atomic mass is 19.1. The van der Waals surface area contributed by atoms with Crippen LogP contribution >= 0.6 is 0 Å². The minimum absolute atomic E-state index is 0.157. The molecule has 0 aliphatic carbocycles. The van der Waals surface area contributed by atoms with Gasteiger partial charge in [-0.3, -0.25) is 0 Å². The van der Waals surface area contributed by atoms with Crippen LogP contribution in [0.25, 0.3) is 0 Å². The average Bonchev–Trinajstić information content (AvgIpc) is 2.28. The number of aliphatic hydroxyl groups excluding tert-OH is 3. The number of hydrogen-bond donors (Lipinski definition) is 4. The van der Waals surface area contributed by atoms with E-state index < -0.39 is 24.6 Å². The summed E-state index contributed by atoms with van der Waals surface area (Å²) in [6, 6.07) is 3.96. The molecule has 2 atom stereocenters. The fourth-order valence-electron chi connectivity index (χ4n) is 1.43. The standard InChI is InChI=1S/C11H16FNO3/c12-9-5-7(1-2-8(9)6-14)11(16)10(15)3-4-13/h1-2,5,10-11,14-16H,3-4,6,13H2. The first kappa shape index (κ1) is 13.1. The van der Waals surface area contributed by atoms with Crippen LogP contribution in [0.15, 0.2) is 18.2 Å². The van der Waals surface area contributed by atoms with Crippen molar-refractivity contribution in [2.45, 2.75) is 25.2 Å². The number of hydrogen-bond acceptors (Lipinski definition) is 4. The van der Waals surface area contributed by atoms with Gasteiger partial charge >= 0.3 is 0 Å². The average molecular weight is 229 g/mol. The van der Waals surface area contributed by atoms with Crippen LogP contribution in [0.4, 0.5) is 4.39 Å². The molecule has 1 aromatic carbocycles.